The summed E-state index contributed by atoms with van der Waals surface area (Å²) in [6, 6.07) is 18.8. The van der Waals surface area contributed by atoms with Gasteiger partial charge in [0, 0.05) is 23.5 Å². The Morgan fingerprint density at radius 1 is 1.10 bits per heavy atom. The molecule has 1 aromatic heterocycles. The van der Waals surface area contributed by atoms with Gasteiger partial charge in [-0.1, -0.05) is 48.5 Å². The van der Waals surface area contributed by atoms with Gasteiger partial charge in [-0.25, -0.2) is 4.79 Å². The molecular weight excluding hydrogens is 368 g/mol. The molecule has 0 saturated carbocycles. The number of carboxylic acids is 1. The van der Waals surface area contributed by atoms with Crippen molar-refractivity contribution in [1.82, 2.24) is 10.3 Å². The molecule has 2 aromatic carbocycles. The average Bonchev–Trinajstić information content (AvgIpc) is 2.71. The average molecular weight is 392 g/mol. The van der Waals surface area contributed by atoms with Crippen molar-refractivity contribution in [3.63, 3.8) is 0 Å². The number of hydrogen-bond acceptors (Lipinski definition) is 4. The molecule has 3 rings (SSSR count). The number of aromatic nitrogens is 1. The number of alkyl carbamates (subject to hydrolysis) is 1. The molecule has 29 heavy (non-hydrogen) atoms. The van der Waals surface area contributed by atoms with Crippen LogP contribution in [-0.2, 0) is 22.6 Å². The van der Waals surface area contributed by atoms with Crippen LogP contribution in [0.4, 0.5) is 4.79 Å². The van der Waals surface area contributed by atoms with Gasteiger partial charge in [0.15, 0.2) is 0 Å². The monoisotopic (exact) mass is 392 g/mol. The second kappa shape index (κ2) is 9.68. The molecule has 0 bridgehead atoms. The third-order valence-corrected chi connectivity index (χ3v) is 4.64. The summed E-state index contributed by atoms with van der Waals surface area (Å²) in [5.74, 6) is -0.898. The molecule has 1 atom stereocenters. The van der Waals surface area contributed by atoms with Crippen LogP contribution in [0.5, 0.6) is 0 Å². The SMILES string of the molecule is Cc1cc(CC(CCC(=O)O)NC(=O)OCc2ccccc2)c2ccccc2n1. The number of benzene rings is 2. The first-order valence-electron chi connectivity index (χ1n) is 9.55. The molecule has 3 aromatic rings. The Balaban J connectivity index is 1.71. The maximum atomic E-state index is 12.3. The van der Waals surface area contributed by atoms with Gasteiger partial charge in [0.1, 0.15) is 6.61 Å². The van der Waals surface area contributed by atoms with Crippen molar-refractivity contribution < 1.29 is 19.4 Å². The van der Waals surface area contributed by atoms with E-state index in [9.17, 15) is 9.59 Å². The second-order valence-corrected chi connectivity index (χ2v) is 6.98. The summed E-state index contributed by atoms with van der Waals surface area (Å²) in [6.07, 6.45) is 0.216. The topological polar surface area (TPSA) is 88.5 Å². The van der Waals surface area contributed by atoms with Gasteiger partial charge in [0.05, 0.1) is 5.52 Å². The van der Waals surface area contributed by atoms with Gasteiger partial charge in [0.25, 0.3) is 0 Å². The highest BCUT2D eigenvalue weighted by Gasteiger charge is 2.17. The molecule has 0 aliphatic rings. The lowest BCUT2D eigenvalue weighted by Crippen LogP contribution is -2.37. The largest absolute Gasteiger partial charge is 0.481 e. The first-order valence-corrected chi connectivity index (χ1v) is 9.55. The molecule has 6 nitrogen and oxygen atoms in total. The number of fused-ring (bicyclic) bond motifs is 1. The minimum Gasteiger partial charge on any atom is -0.481 e. The lowest BCUT2D eigenvalue weighted by molar-refractivity contribution is -0.137. The van der Waals surface area contributed by atoms with Crippen LogP contribution in [0, 0.1) is 6.92 Å². The second-order valence-electron chi connectivity index (χ2n) is 6.98. The van der Waals surface area contributed by atoms with E-state index < -0.39 is 12.1 Å². The standard InChI is InChI=1S/C23H24N2O4/c1-16-13-18(20-9-5-6-10-21(20)24-16)14-19(11-12-22(26)27)25-23(28)29-15-17-7-3-2-4-8-17/h2-10,13,19H,11-12,14-15H2,1H3,(H,25,28)(H,26,27). The number of carboxylic acid groups (broad SMARTS) is 1. The molecule has 2 N–H and O–H groups in total. The number of pyridine rings is 1. The fraction of sp³-hybridized carbons (Fsp3) is 0.261. The summed E-state index contributed by atoms with van der Waals surface area (Å²) < 4.78 is 5.30. The van der Waals surface area contributed by atoms with Crippen LogP contribution in [0.15, 0.2) is 60.7 Å². The third-order valence-electron chi connectivity index (χ3n) is 4.64. The van der Waals surface area contributed by atoms with Gasteiger partial charge in [-0.05, 0) is 43.0 Å². The van der Waals surface area contributed by atoms with E-state index >= 15 is 0 Å². The van der Waals surface area contributed by atoms with Crippen molar-refractivity contribution in [2.75, 3.05) is 0 Å². The van der Waals surface area contributed by atoms with Gasteiger partial charge < -0.3 is 15.2 Å². The number of rotatable bonds is 8. The fourth-order valence-electron chi connectivity index (χ4n) is 3.28. The van der Waals surface area contributed by atoms with Crippen LogP contribution in [0.1, 0.15) is 29.7 Å². The normalized spacial score (nSPS) is 11.8. The minimum absolute atomic E-state index is 0.0361. The zero-order valence-corrected chi connectivity index (χ0v) is 16.3. The van der Waals surface area contributed by atoms with Crippen LogP contribution in [-0.4, -0.2) is 28.2 Å². The molecule has 150 valence electrons. The molecule has 0 spiro atoms. The van der Waals surface area contributed by atoms with Gasteiger partial charge in [0.2, 0.25) is 0 Å². The predicted molar refractivity (Wildman–Crippen MR) is 111 cm³/mol. The van der Waals surface area contributed by atoms with Crippen molar-refractivity contribution in [2.24, 2.45) is 0 Å². The van der Waals surface area contributed by atoms with E-state index in [1.807, 2.05) is 67.6 Å². The molecule has 0 fully saturated rings. The number of aryl methyl sites for hydroxylation is 1. The number of carbonyl (C=O) groups is 2. The zero-order valence-electron chi connectivity index (χ0n) is 16.3. The fourth-order valence-corrected chi connectivity index (χ4v) is 3.28. The van der Waals surface area contributed by atoms with Gasteiger partial charge in [-0.15, -0.1) is 0 Å². The Bertz CT molecular complexity index is 989. The van der Waals surface area contributed by atoms with E-state index in [4.69, 9.17) is 9.84 Å². The van der Waals surface area contributed by atoms with E-state index in [1.165, 1.54) is 0 Å². The molecule has 6 heteroatoms. The molecule has 0 radical (unpaired) electrons. The lowest BCUT2D eigenvalue weighted by atomic mass is 9.98. The molecule has 1 unspecified atom stereocenters. The number of nitrogens with one attached hydrogen (secondary N) is 1. The van der Waals surface area contributed by atoms with Crippen LogP contribution < -0.4 is 5.32 Å². The van der Waals surface area contributed by atoms with Crippen LogP contribution in [0.2, 0.25) is 0 Å². The maximum Gasteiger partial charge on any atom is 0.407 e. The highest BCUT2D eigenvalue weighted by Crippen LogP contribution is 2.21. The highest BCUT2D eigenvalue weighted by atomic mass is 16.5. The number of amides is 1. The predicted octanol–water partition coefficient (Wildman–Crippen LogP) is 4.25. The summed E-state index contributed by atoms with van der Waals surface area (Å²) in [6.45, 7) is 2.08. The maximum absolute atomic E-state index is 12.3. The van der Waals surface area contributed by atoms with Crippen molar-refractivity contribution in [2.45, 2.75) is 38.8 Å². The van der Waals surface area contributed by atoms with Crippen LogP contribution in [0.3, 0.4) is 0 Å². The van der Waals surface area contributed by atoms with Crippen molar-refractivity contribution in [1.29, 1.82) is 0 Å². The number of nitrogens with zero attached hydrogens (tertiary/aromatic N) is 1. The highest BCUT2D eigenvalue weighted by molar-refractivity contribution is 5.82. The Labute approximate surface area is 169 Å². The van der Waals surface area contributed by atoms with Crippen molar-refractivity contribution >= 4 is 23.0 Å². The van der Waals surface area contributed by atoms with E-state index in [0.717, 1.165) is 27.7 Å². The summed E-state index contributed by atoms with van der Waals surface area (Å²) >= 11 is 0. The van der Waals surface area contributed by atoms with Gasteiger partial charge in [-0.2, -0.15) is 0 Å². The Morgan fingerprint density at radius 3 is 2.59 bits per heavy atom. The molecule has 0 saturated heterocycles. The minimum atomic E-state index is -0.898. The lowest BCUT2D eigenvalue weighted by Gasteiger charge is -2.19. The molecule has 0 aliphatic heterocycles. The first-order chi connectivity index (χ1) is 14.0. The summed E-state index contributed by atoms with van der Waals surface area (Å²) in [7, 11) is 0. The molecule has 0 aliphatic carbocycles. The number of carbonyl (C=O) groups excluding carboxylic acids is 1. The molecule has 1 amide bonds. The molecular formula is C23H24N2O4. The van der Waals surface area contributed by atoms with Crippen LogP contribution in [0.25, 0.3) is 10.9 Å². The summed E-state index contributed by atoms with van der Waals surface area (Å²) in [4.78, 5) is 27.9. The van der Waals surface area contributed by atoms with E-state index in [1.54, 1.807) is 0 Å². The quantitative estimate of drug-likeness (QED) is 0.598. The Morgan fingerprint density at radius 2 is 1.83 bits per heavy atom. The van der Waals surface area contributed by atoms with E-state index in [-0.39, 0.29) is 19.1 Å². The number of ether oxygens (including phenoxy) is 1. The third kappa shape index (κ3) is 6.04. The zero-order chi connectivity index (χ0) is 20.6. The van der Waals surface area contributed by atoms with Gasteiger partial charge in [-0.3, -0.25) is 9.78 Å². The first kappa shape index (κ1) is 20.3. The summed E-state index contributed by atoms with van der Waals surface area (Å²) in [5.41, 5.74) is 3.67. The van der Waals surface area contributed by atoms with Crippen molar-refractivity contribution in [3.05, 3.63) is 77.5 Å². The number of aliphatic carboxylic acids is 1. The Kier molecular flexibility index (Phi) is 6.79. The summed E-state index contributed by atoms with van der Waals surface area (Å²) in [5, 5.41) is 12.9. The van der Waals surface area contributed by atoms with E-state index in [0.29, 0.717) is 12.8 Å². The van der Waals surface area contributed by atoms with E-state index in [2.05, 4.69) is 10.3 Å². The van der Waals surface area contributed by atoms with Crippen molar-refractivity contribution in [3.8, 4) is 0 Å². The van der Waals surface area contributed by atoms with Gasteiger partial charge >= 0.3 is 12.1 Å². The molecule has 1 heterocycles. The smallest absolute Gasteiger partial charge is 0.407 e. The Hall–Kier alpha value is -3.41. The number of para-hydroxylation sites is 1. The number of hydrogen-bond donors (Lipinski definition) is 2. The van der Waals surface area contributed by atoms with Crippen LogP contribution >= 0.6 is 0 Å².